The second-order valence-corrected chi connectivity index (χ2v) is 6.05. The Morgan fingerprint density at radius 1 is 1.04 bits per heavy atom. The van der Waals surface area contributed by atoms with Crippen molar-refractivity contribution in [1.29, 1.82) is 0 Å². The molecule has 0 fully saturated rings. The van der Waals surface area contributed by atoms with Gasteiger partial charge in [-0.15, -0.1) is 0 Å². The van der Waals surface area contributed by atoms with Gasteiger partial charge in [0.15, 0.2) is 11.5 Å². The van der Waals surface area contributed by atoms with E-state index in [0.717, 1.165) is 16.8 Å². The number of aromatic nitrogens is 4. The summed E-state index contributed by atoms with van der Waals surface area (Å²) in [4.78, 5) is 0. The van der Waals surface area contributed by atoms with E-state index >= 15 is 0 Å². The average molecular weight is 349 g/mol. The summed E-state index contributed by atoms with van der Waals surface area (Å²) in [6.07, 6.45) is 2.09. The molecule has 4 rings (SSSR count). The molecule has 0 saturated carbocycles. The fourth-order valence-corrected chi connectivity index (χ4v) is 3.12. The summed E-state index contributed by atoms with van der Waals surface area (Å²) in [5.74, 6) is 1.92. The summed E-state index contributed by atoms with van der Waals surface area (Å²) in [5.41, 5.74) is 4.14. The van der Waals surface area contributed by atoms with E-state index in [1.165, 1.54) is 5.56 Å². The van der Waals surface area contributed by atoms with Crippen LogP contribution in [-0.2, 0) is 0 Å². The number of rotatable bonds is 4. The Morgan fingerprint density at radius 3 is 2.58 bits per heavy atom. The Kier molecular flexibility index (Phi) is 4.04. The molecule has 0 unspecified atom stereocenters. The molecule has 1 N–H and O–H groups in total. The topological polar surface area (TPSA) is 74.1 Å². The van der Waals surface area contributed by atoms with Crippen LogP contribution in [0.2, 0.25) is 0 Å². The zero-order chi connectivity index (χ0) is 18.1. The van der Waals surface area contributed by atoms with Crippen molar-refractivity contribution < 1.29 is 9.47 Å². The minimum absolute atomic E-state index is 0.220. The van der Waals surface area contributed by atoms with Crippen molar-refractivity contribution in [2.24, 2.45) is 0 Å². The Balaban J connectivity index is 1.85. The van der Waals surface area contributed by atoms with Gasteiger partial charge in [0.1, 0.15) is 6.04 Å². The molecule has 2 heterocycles. The third kappa shape index (κ3) is 2.67. The molecular weight excluding hydrogens is 330 g/mol. The van der Waals surface area contributed by atoms with Crippen LogP contribution in [0.3, 0.4) is 0 Å². The Hall–Kier alpha value is -3.35. The summed E-state index contributed by atoms with van der Waals surface area (Å²) >= 11 is 0. The zero-order valence-electron chi connectivity index (χ0n) is 14.8. The second-order valence-electron chi connectivity index (χ2n) is 6.05. The third-order valence-corrected chi connectivity index (χ3v) is 4.44. The van der Waals surface area contributed by atoms with Crippen LogP contribution in [0.5, 0.6) is 11.5 Å². The maximum absolute atomic E-state index is 5.61. The first kappa shape index (κ1) is 16.1. The van der Waals surface area contributed by atoms with Crippen LogP contribution < -0.4 is 14.8 Å². The van der Waals surface area contributed by atoms with Gasteiger partial charge >= 0.3 is 0 Å². The number of tetrazole rings is 1. The lowest BCUT2D eigenvalue weighted by atomic mass is 10.00. The van der Waals surface area contributed by atoms with Crippen molar-refractivity contribution in [3.05, 3.63) is 65.2 Å². The highest BCUT2D eigenvalue weighted by atomic mass is 16.5. The van der Waals surface area contributed by atoms with Crippen LogP contribution in [0.25, 0.3) is 5.70 Å². The molecule has 0 radical (unpaired) electrons. The number of aryl methyl sites for hydroxylation is 1. The monoisotopic (exact) mass is 349 g/mol. The fourth-order valence-electron chi connectivity index (χ4n) is 3.12. The van der Waals surface area contributed by atoms with E-state index in [1.807, 2.05) is 18.2 Å². The van der Waals surface area contributed by atoms with E-state index in [2.05, 4.69) is 58.1 Å². The predicted octanol–water partition coefficient (Wildman–Crippen LogP) is 3.05. The highest BCUT2D eigenvalue weighted by molar-refractivity contribution is 5.77. The Labute approximate surface area is 151 Å². The highest BCUT2D eigenvalue weighted by Gasteiger charge is 2.27. The van der Waals surface area contributed by atoms with Gasteiger partial charge in [0.05, 0.1) is 14.2 Å². The van der Waals surface area contributed by atoms with Gasteiger partial charge in [-0.3, -0.25) is 0 Å². The number of hydrogen-bond acceptors (Lipinski definition) is 6. The molecule has 1 aromatic heterocycles. The molecule has 1 atom stereocenters. The predicted molar refractivity (Wildman–Crippen MR) is 98.3 cm³/mol. The number of hydrogen-bond donors (Lipinski definition) is 1. The number of nitrogens with one attached hydrogen (secondary N) is 1. The van der Waals surface area contributed by atoms with E-state index in [-0.39, 0.29) is 6.04 Å². The van der Waals surface area contributed by atoms with Crippen molar-refractivity contribution in [3.63, 3.8) is 0 Å². The zero-order valence-corrected chi connectivity index (χ0v) is 14.8. The molecule has 1 aliphatic rings. The second kappa shape index (κ2) is 6.51. The molecule has 0 amide bonds. The molecule has 0 aliphatic carbocycles. The summed E-state index contributed by atoms with van der Waals surface area (Å²) in [5, 5.41) is 15.4. The van der Waals surface area contributed by atoms with Gasteiger partial charge < -0.3 is 14.8 Å². The molecule has 132 valence electrons. The average Bonchev–Trinajstić information content (AvgIpc) is 3.15. The number of allylic oxidation sites excluding steroid dienone is 1. The number of fused-ring (bicyclic) bond motifs is 1. The molecule has 3 aromatic rings. The SMILES string of the molecule is COc1cccc([C@@H]2C=C(c3ccc(C)cc3)Nc3nnnn32)c1OC. The molecule has 0 bridgehead atoms. The number of methoxy groups -OCH3 is 2. The first-order valence-electron chi connectivity index (χ1n) is 8.26. The number of ether oxygens (including phenoxy) is 2. The quantitative estimate of drug-likeness (QED) is 0.780. The van der Waals surface area contributed by atoms with Gasteiger partial charge in [0.25, 0.3) is 0 Å². The van der Waals surface area contributed by atoms with Gasteiger partial charge in [-0.1, -0.05) is 47.1 Å². The molecular formula is C19H19N5O2. The minimum atomic E-state index is -0.220. The third-order valence-electron chi connectivity index (χ3n) is 4.44. The Bertz CT molecular complexity index is 962. The highest BCUT2D eigenvalue weighted by Crippen LogP contribution is 2.40. The van der Waals surface area contributed by atoms with Crippen molar-refractivity contribution in [2.75, 3.05) is 19.5 Å². The van der Waals surface area contributed by atoms with Gasteiger partial charge in [-0.2, -0.15) is 4.68 Å². The normalized spacial score (nSPS) is 15.7. The minimum Gasteiger partial charge on any atom is -0.493 e. The molecule has 0 spiro atoms. The molecule has 7 heteroatoms. The number of nitrogens with zero attached hydrogens (tertiary/aromatic N) is 4. The van der Waals surface area contributed by atoms with Crippen molar-refractivity contribution in [2.45, 2.75) is 13.0 Å². The lowest BCUT2D eigenvalue weighted by Crippen LogP contribution is -2.20. The number of benzene rings is 2. The van der Waals surface area contributed by atoms with Crippen LogP contribution in [0.15, 0.2) is 48.5 Å². The molecule has 7 nitrogen and oxygen atoms in total. The lowest BCUT2D eigenvalue weighted by Gasteiger charge is -2.25. The van der Waals surface area contributed by atoms with Crippen molar-refractivity contribution in [3.8, 4) is 11.5 Å². The van der Waals surface area contributed by atoms with Crippen LogP contribution in [0, 0.1) is 6.92 Å². The first-order valence-corrected chi connectivity index (χ1v) is 8.26. The smallest absolute Gasteiger partial charge is 0.248 e. The molecule has 1 aliphatic heterocycles. The number of para-hydroxylation sites is 1. The van der Waals surface area contributed by atoms with E-state index in [0.29, 0.717) is 17.4 Å². The summed E-state index contributed by atoms with van der Waals surface area (Å²) in [7, 11) is 3.26. The summed E-state index contributed by atoms with van der Waals surface area (Å²) in [6, 6.07) is 13.9. The molecule has 26 heavy (non-hydrogen) atoms. The van der Waals surface area contributed by atoms with E-state index in [9.17, 15) is 0 Å². The largest absolute Gasteiger partial charge is 0.493 e. The summed E-state index contributed by atoms with van der Waals surface area (Å²) < 4.78 is 12.8. The summed E-state index contributed by atoms with van der Waals surface area (Å²) in [6.45, 7) is 2.07. The van der Waals surface area contributed by atoms with Crippen LogP contribution in [0.4, 0.5) is 5.95 Å². The maximum Gasteiger partial charge on any atom is 0.248 e. The number of anilines is 1. The van der Waals surface area contributed by atoms with Crippen LogP contribution in [-0.4, -0.2) is 34.4 Å². The van der Waals surface area contributed by atoms with E-state index in [1.54, 1.807) is 18.9 Å². The van der Waals surface area contributed by atoms with Crippen LogP contribution in [0.1, 0.15) is 22.7 Å². The Morgan fingerprint density at radius 2 is 1.85 bits per heavy atom. The van der Waals surface area contributed by atoms with Gasteiger partial charge in [-0.25, -0.2) is 0 Å². The fraction of sp³-hybridized carbons (Fsp3) is 0.211. The first-order chi connectivity index (χ1) is 12.7. The standard InChI is InChI=1S/C19H19N5O2/c1-12-7-9-13(10-8-12)15-11-16(24-19(20-15)21-22-23-24)14-5-4-6-17(25-2)18(14)26-3/h4-11,16H,1-3H3,(H,20,21,23)/t16-/m0/s1. The maximum atomic E-state index is 5.61. The van der Waals surface area contributed by atoms with Gasteiger partial charge in [-0.05, 0) is 35.1 Å². The van der Waals surface area contributed by atoms with Crippen LogP contribution >= 0.6 is 0 Å². The van der Waals surface area contributed by atoms with Gasteiger partial charge in [0.2, 0.25) is 5.95 Å². The molecule has 2 aromatic carbocycles. The van der Waals surface area contributed by atoms with Crippen molar-refractivity contribution >= 4 is 11.6 Å². The van der Waals surface area contributed by atoms with E-state index < -0.39 is 0 Å². The van der Waals surface area contributed by atoms with Crippen molar-refractivity contribution in [1.82, 2.24) is 20.2 Å². The lowest BCUT2D eigenvalue weighted by molar-refractivity contribution is 0.348. The molecule has 0 saturated heterocycles. The van der Waals surface area contributed by atoms with E-state index in [4.69, 9.17) is 9.47 Å². The van der Waals surface area contributed by atoms with Gasteiger partial charge in [0, 0.05) is 11.3 Å².